The molecule has 0 aliphatic rings. The maximum absolute atomic E-state index is 6.06. The van der Waals surface area contributed by atoms with Crippen molar-refractivity contribution in [3.05, 3.63) is 0 Å². The molecule has 0 fully saturated rings. The molecule has 0 heterocycles. The molecule has 0 radical (unpaired) electrons. The third-order valence-electron chi connectivity index (χ3n) is 3.51. The fraction of sp³-hybridized carbons (Fsp3) is 1.00. The first-order valence-electron chi connectivity index (χ1n) is 6.77. The molecular formula is C14H32IN. The highest BCUT2D eigenvalue weighted by atomic mass is 127. The summed E-state index contributed by atoms with van der Waals surface area (Å²) in [6.45, 7) is 8.82. The van der Waals surface area contributed by atoms with Gasteiger partial charge in [-0.25, -0.2) is 0 Å². The molecule has 2 N–H and O–H groups in total. The molecule has 2 heteroatoms. The quantitative estimate of drug-likeness (QED) is 0.457. The SMILES string of the molecule is CCCCCCCCCC(C)C(C)(C)N.I. The molecule has 0 aliphatic carbocycles. The van der Waals surface area contributed by atoms with Crippen LogP contribution < -0.4 is 5.73 Å². The van der Waals surface area contributed by atoms with Crippen LogP contribution in [0, 0.1) is 5.92 Å². The number of nitrogens with two attached hydrogens (primary N) is 1. The van der Waals surface area contributed by atoms with Crippen LogP contribution in [0.25, 0.3) is 0 Å². The Morgan fingerprint density at radius 2 is 1.38 bits per heavy atom. The molecule has 0 rings (SSSR count). The van der Waals surface area contributed by atoms with E-state index in [1.165, 1.54) is 51.4 Å². The van der Waals surface area contributed by atoms with E-state index in [-0.39, 0.29) is 29.5 Å². The summed E-state index contributed by atoms with van der Waals surface area (Å²) in [7, 11) is 0. The molecule has 0 aliphatic heterocycles. The Bertz CT molecular complexity index is 140. The number of halogens is 1. The zero-order chi connectivity index (χ0) is 11.7. The fourth-order valence-electron chi connectivity index (χ4n) is 1.78. The second kappa shape index (κ2) is 10.8. The Balaban J connectivity index is 0. The van der Waals surface area contributed by atoms with E-state index in [9.17, 15) is 0 Å². The molecule has 0 saturated heterocycles. The van der Waals surface area contributed by atoms with Gasteiger partial charge < -0.3 is 5.73 Å². The first kappa shape index (κ1) is 19.0. The third-order valence-corrected chi connectivity index (χ3v) is 3.51. The van der Waals surface area contributed by atoms with Gasteiger partial charge in [0.1, 0.15) is 0 Å². The number of hydrogen-bond donors (Lipinski definition) is 1. The monoisotopic (exact) mass is 341 g/mol. The van der Waals surface area contributed by atoms with Crippen LogP contribution in [-0.2, 0) is 0 Å². The number of hydrogen-bond acceptors (Lipinski definition) is 1. The lowest BCUT2D eigenvalue weighted by atomic mass is 9.86. The van der Waals surface area contributed by atoms with Crippen LogP contribution in [0.15, 0.2) is 0 Å². The van der Waals surface area contributed by atoms with Crippen molar-refractivity contribution in [2.45, 2.75) is 84.6 Å². The summed E-state index contributed by atoms with van der Waals surface area (Å²) in [5.41, 5.74) is 6.06. The Morgan fingerprint density at radius 1 is 0.938 bits per heavy atom. The molecular weight excluding hydrogens is 309 g/mol. The summed E-state index contributed by atoms with van der Waals surface area (Å²) in [5.74, 6) is 0.646. The van der Waals surface area contributed by atoms with Crippen LogP contribution in [0.1, 0.15) is 79.1 Å². The zero-order valence-corrected chi connectivity index (χ0v) is 14.1. The van der Waals surface area contributed by atoms with Crippen LogP contribution >= 0.6 is 24.0 Å². The van der Waals surface area contributed by atoms with Crippen LogP contribution in [0.3, 0.4) is 0 Å². The average Bonchev–Trinajstić information content (AvgIpc) is 2.14. The normalized spacial score (nSPS) is 13.3. The van der Waals surface area contributed by atoms with Crippen molar-refractivity contribution in [1.82, 2.24) is 0 Å². The average molecular weight is 341 g/mol. The third kappa shape index (κ3) is 11.2. The summed E-state index contributed by atoms with van der Waals surface area (Å²) in [6.07, 6.45) is 11.1. The van der Waals surface area contributed by atoms with E-state index in [1.54, 1.807) is 0 Å². The maximum Gasteiger partial charge on any atom is 0.0123 e. The molecule has 0 saturated carbocycles. The molecule has 1 atom stereocenters. The fourth-order valence-corrected chi connectivity index (χ4v) is 1.78. The molecule has 0 aromatic heterocycles. The van der Waals surface area contributed by atoms with Crippen LogP contribution in [0.5, 0.6) is 0 Å². The van der Waals surface area contributed by atoms with E-state index >= 15 is 0 Å². The molecule has 1 nitrogen and oxygen atoms in total. The van der Waals surface area contributed by atoms with Gasteiger partial charge in [-0.05, 0) is 26.2 Å². The van der Waals surface area contributed by atoms with Crippen molar-refractivity contribution >= 4 is 24.0 Å². The van der Waals surface area contributed by atoms with Gasteiger partial charge in [0.2, 0.25) is 0 Å². The van der Waals surface area contributed by atoms with Crippen LogP contribution in [0.2, 0.25) is 0 Å². The lowest BCUT2D eigenvalue weighted by Crippen LogP contribution is -2.39. The van der Waals surface area contributed by atoms with E-state index in [2.05, 4.69) is 27.7 Å². The second-order valence-corrected chi connectivity index (χ2v) is 5.63. The van der Waals surface area contributed by atoms with Crippen LogP contribution in [0.4, 0.5) is 0 Å². The van der Waals surface area contributed by atoms with E-state index < -0.39 is 0 Å². The van der Waals surface area contributed by atoms with E-state index in [4.69, 9.17) is 5.73 Å². The minimum absolute atomic E-state index is 0. The summed E-state index contributed by atoms with van der Waals surface area (Å²) < 4.78 is 0. The van der Waals surface area contributed by atoms with Gasteiger partial charge in [-0.15, -0.1) is 24.0 Å². The molecule has 16 heavy (non-hydrogen) atoms. The summed E-state index contributed by atoms with van der Waals surface area (Å²) in [4.78, 5) is 0. The topological polar surface area (TPSA) is 26.0 Å². The summed E-state index contributed by atoms with van der Waals surface area (Å²) in [5, 5.41) is 0. The Hall–Kier alpha value is 0.690. The molecule has 0 spiro atoms. The molecule has 0 bridgehead atoms. The lowest BCUT2D eigenvalue weighted by molar-refractivity contribution is 0.316. The number of rotatable bonds is 9. The van der Waals surface area contributed by atoms with Gasteiger partial charge in [-0.2, -0.15) is 0 Å². The first-order chi connectivity index (χ1) is 6.98. The molecule has 0 amide bonds. The molecule has 0 aromatic rings. The molecule has 1 unspecified atom stereocenters. The Morgan fingerprint density at radius 3 is 1.81 bits per heavy atom. The minimum atomic E-state index is 0. The summed E-state index contributed by atoms with van der Waals surface area (Å²) >= 11 is 0. The van der Waals surface area contributed by atoms with Crippen molar-refractivity contribution in [3.8, 4) is 0 Å². The van der Waals surface area contributed by atoms with Crippen molar-refractivity contribution < 1.29 is 0 Å². The summed E-state index contributed by atoms with van der Waals surface area (Å²) in [6, 6.07) is 0. The van der Waals surface area contributed by atoms with Crippen molar-refractivity contribution in [2.24, 2.45) is 11.7 Å². The van der Waals surface area contributed by atoms with Crippen molar-refractivity contribution in [2.75, 3.05) is 0 Å². The van der Waals surface area contributed by atoms with E-state index in [0.717, 1.165) is 0 Å². The smallest absolute Gasteiger partial charge is 0.0123 e. The molecule has 100 valence electrons. The standard InChI is InChI=1S/C14H31N.HI/c1-5-6-7-8-9-10-11-12-13(2)14(3,4)15;/h13H,5-12,15H2,1-4H3;1H. The second-order valence-electron chi connectivity index (χ2n) is 5.63. The first-order valence-corrected chi connectivity index (χ1v) is 6.77. The van der Waals surface area contributed by atoms with Gasteiger partial charge in [-0.3, -0.25) is 0 Å². The highest BCUT2D eigenvalue weighted by Gasteiger charge is 2.19. The van der Waals surface area contributed by atoms with Gasteiger partial charge in [0, 0.05) is 5.54 Å². The Labute approximate surface area is 120 Å². The highest BCUT2D eigenvalue weighted by Crippen LogP contribution is 2.20. The van der Waals surface area contributed by atoms with Gasteiger partial charge >= 0.3 is 0 Å². The van der Waals surface area contributed by atoms with E-state index in [1.807, 2.05) is 0 Å². The number of unbranched alkanes of at least 4 members (excludes halogenated alkanes) is 6. The van der Waals surface area contributed by atoms with Crippen molar-refractivity contribution in [1.29, 1.82) is 0 Å². The largest absolute Gasteiger partial charge is 0.325 e. The van der Waals surface area contributed by atoms with Gasteiger partial charge in [0.25, 0.3) is 0 Å². The zero-order valence-electron chi connectivity index (χ0n) is 11.7. The van der Waals surface area contributed by atoms with E-state index in [0.29, 0.717) is 5.92 Å². The van der Waals surface area contributed by atoms with Gasteiger partial charge in [0.15, 0.2) is 0 Å². The lowest BCUT2D eigenvalue weighted by Gasteiger charge is -2.27. The predicted octanol–water partition coefficient (Wildman–Crippen LogP) is 5.12. The molecule has 0 aromatic carbocycles. The van der Waals surface area contributed by atoms with Gasteiger partial charge in [-0.1, -0.05) is 58.8 Å². The van der Waals surface area contributed by atoms with Gasteiger partial charge in [0.05, 0.1) is 0 Å². The minimum Gasteiger partial charge on any atom is -0.325 e. The Kier molecular flexibility index (Phi) is 12.9. The van der Waals surface area contributed by atoms with Crippen LogP contribution in [-0.4, -0.2) is 5.54 Å². The van der Waals surface area contributed by atoms with Crippen molar-refractivity contribution in [3.63, 3.8) is 0 Å². The maximum atomic E-state index is 6.06. The predicted molar refractivity (Wildman–Crippen MR) is 85.5 cm³/mol. The highest BCUT2D eigenvalue weighted by molar-refractivity contribution is 14.0.